The van der Waals surface area contributed by atoms with E-state index in [9.17, 15) is 0 Å². The minimum atomic E-state index is 0.144. The highest BCUT2D eigenvalue weighted by atomic mass is 32.1. The largest absolute Gasteiger partial charge is 0.322 e. The molecule has 0 aliphatic heterocycles. The Morgan fingerprint density at radius 2 is 2.67 bits per heavy atom. The molecule has 0 aromatic carbocycles. The van der Waals surface area contributed by atoms with E-state index in [0.29, 0.717) is 0 Å². The molecule has 0 saturated heterocycles. The van der Waals surface area contributed by atoms with Crippen LogP contribution in [-0.4, -0.2) is 4.98 Å². The van der Waals surface area contributed by atoms with Crippen LogP contribution in [0.5, 0.6) is 0 Å². The second-order valence-corrected chi connectivity index (χ2v) is 2.81. The quantitative estimate of drug-likeness (QED) is 0.680. The molecular weight excluding hydrogens is 132 g/mol. The molecule has 1 aromatic heterocycles. The van der Waals surface area contributed by atoms with Crippen LogP contribution < -0.4 is 5.73 Å². The summed E-state index contributed by atoms with van der Waals surface area (Å²) < 4.78 is 0. The fraction of sp³-hybridized carbons (Fsp3) is 0.500. The predicted molar refractivity (Wildman–Crippen MR) is 39.3 cm³/mol. The van der Waals surface area contributed by atoms with Gasteiger partial charge in [-0.3, -0.25) is 0 Å². The number of nitrogens with zero attached hydrogens (tertiary/aromatic N) is 1. The Kier molecular flexibility index (Phi) is 2.19. The first-order chi connectivity index (χ1) is 4.34. The number of rotatable bonds is 2. The van der Waals surface area contributed by atoms with Gasteiger partial charge >= 0.3 is 0 Å². The van der Waals surface area contributed by atoms with Gasteiger partial charge in [-0.2, -0.15) is 0 Å². The molecule has 50 valence electrons. The standard InChI is InChI=1S/C6H10N2S/c1-2-5(7)6-8-3-4-9-6/h3-5H,2,7H2,1H3/t5-/m0/s1. The first-order valence-corrected chi connectivity index (χ1v) is 3.87. The molecule has 1 aromatic rings. The van der Waals surface area contributed by atoms with Gasteiger partial charge in [0.1, 0.15) is 5.01 Å². The van der Waals surface area contributed by atoms with Crippen LogP contribution in [0.25, 0.3) is 0 Å². The van der Waals surface area contributed by atoms with E-state index >= 15 is 0 Å². The Morgan fingerprint density at radius 1 is 1.89 bits per heavy atom. The number of hydrogen-bond donors (Lipinski definition) is 1. The zero-order valence-corrected chi connectivity index (χ0v) is 6.19. The maximum absolute atomic E-state index is 5.69. The van der Waals surface area contributed by atoms with Gasteiger partial charge in [0.05, 0.1) is 6.04 Å². The van der Waals surface area contributed by atoms with E-state index in [1.54, 1.807) is 17.5 Å². The third-order valence-electron chi connectivity index (χ3n) is 1.21. The lowest BCUT2D eigenvalue weighted by Gasteiger charge is -2.01. The molecule has 0 bridgehead atoms. The topological polar surface area (TPSA) is 38.9 Å². The summed E-state index contributed by atoms with van der Waals surface area (Å²) in [5.74, 6) is 0. The van der Waals surface area contributed by atoms with Crippen molar-refractivity contribution in [3.8, 4) is 0 Å². The maximum Gasteiger partial charge on any atom is 0.109 e. The van der Waals surface area contributed by atoms with E-state index < -0.39 is 0 Å². The SMILES string of the molecule is CC[C@H](N)c1nccs1. The monoisotopic (exact) mass is 142 g/mol. The first kappa shape index (κ1) is 6.71. The van der Waals surface area contributed by atoms with E-state index in [-0.39, 0.29) is 6.04 Å². The molecule has 1 atom stereocenters. The highest BCUT2D eigenvalue weighted by Crippen LogP contribution is 2.14. The van der Waals surface area contributed by atoms with Crippen LogP contribution in [0.3, 0.4) is 0 Å². The molecular formula is C6H10N2S. The van der Waals surface area contributed by atoms with E-state index in [1.807, 2.05) is 5.38 Å². The molecule has 0 spiro atoms. The van der Waals surface area contributed by atoms with Gasteiger partial charge in [0.25, 0.3) is 0 Å². The normalized spacial score (nSPS) is 13.6. The Labute approximate surface area is 58.7 Å². The van der Waals surface area contributed by atoms with Crippen molar-refractivity contribution < 1.29 is 0 Å². The van der Waals surface area contributed by atoms with E-state index in [1.165, 1.54) is 0 Å². The zero-order valence-electron chi connectivity index (χ0n) is 5.37. The molecule has 0 fully saturated rings. The summed E-state index contributed by atoms with van der Waals surface area (Å²) in [5, 5.41) is 2.99. The van der Waals surface area contributed by atoms with Crippen LogP contribution in [0.2, 0.25) is 0 Å². The summed E-state index contributed by atoms with van der Waals surface area (Å²) >= 11 is 1.62. The summed E-state index contributed by atoms with van der Waals surface area (Å²) in [6.07, 6.45) is 2.75. The van der Waals surface area contributed by atoms with Gasteiger partial charge in [0.15, 0.2) is 0 Å². The van der Waals surface area contributed by atoms with E-state index in [2.05, 4.69) is 11.9 Å². The van der Waals surface area contributed by atoms with Crippen LogP contribution >= 0.6 is 11.3 Å². The fourth-order valence-electron chi connectivity index (χ4n) is 0.592. The molecule has 9 heavy (non-hydrogen) atoms. The lowest BCUT2D eigenvalue weighted by molar-refractivity contribution is 0.693. The van der Waals surface area contributed by atoms with Crippen LogP contribution in [0.15, 0.2) is 11.6 Å². The molecule has 0 aliphatic carbocycles. The first-order valence-electron chi connectivity index (χ1n) is 2.99. The maximum atomic E-state index is 5.69. The number of nitrogens with two attached hydrogens (primary N) is 1. The zero-order chi connectivity index (χ0) is 6.69. The third kappa shape index (κ3) is 1.50. The summed E-state index contributed by atoms with van der Waals surface area (Å²) in [7, 11) is 0. The number of thiazole rings is 1. The minimum absolute atomic E-state index is 0.144. The molecule has 2 nitrogen and oxygen atoms in total. The number of hydrogen-bond acceptors (Lipinski definition) is 3. The summed E-state index contributed by atoms with van der Waals surface area (Å²) in [5.41, 5.74) is 5.69. The van der Waals surface area contributed by atoms with Gasteiger partial charge < -0.3 is 5.73 Å². The molecule has 3 heteroatoms. The van der Waals surface area contributed by atoms with Crippen LogP contribution in [-0.2, 0) is 0 Å². The van der Waals surface area contributed by atoms with Crippen molar-refractivity contribution in [2.45, 2.75) is 19.4 Å². The Hall–Kier alpha value is -0.410. The molecule has 0 saturated carbocycles. The van der Waals surface area contributed by atoms with Crippen LogP contribution in [0.1, 0.15) is 24.4 Å². The van der Waals surface area contributed by atoms with Gasteiger partial charge in [0, 0.05) is 11.6 Å². The highest BCUT2D eigenvalue weighted by molar-refractivity contribution is 7.09. The van der Waals surface area contributed by atoms with Gasteiger partial charge in [-0.15, -0.1) is 11.3 Å². The molecule has 0 aliphatic rings. The Morgan fingerprint density at radius 3 is 3.11 bits per heavy atom. The Bertz CT molecular complexity index is 160. The molecule has 0 radical (unpaired) electrons. The van der Waals surface area contributed by atoms with Crippen molar-refractivity contribution in [2.24, 2.45) is 5.73 Å². The fourth-order valence-corrected chi connectivity index (χ4v) is 1.32. The molecule has 1 rings (SSSR count). The molecule has 0 unspecified atom stereocenters. The molecule has 0 amide bonds. The second-order valence-electron chi connectivity index (χ2n) is 1.89. The average molecular weight is 142 g/mol. The molecule has 2 N–H and O–H groups in total. The van der Waals surface area contributed by atoms with Crippen LogP contribution in [0.4, 0.5) is 0 Å². The Balaban J connectivity index is 2.65. The highest BCUT2D eigenvalue weighted by Gasteiger charge is 2.03. The smallest absolute Gasteiger partial charge is 0.109 e. The van der Waals surface area contributed by atoms with Crippen molar-refractivity contribution in [3.63, 3.8) is 0 Å². The number of aromatic nitrogens is 1. The van der Waals surface area contributed by atoms with Crippen molar-refractivity contribution >= 4 is 11.3 Å². The molecule has 1 heterocycles. The van der Waals surface area contributed by atoms with Crippen molar-refractivity contribution in [1.29, 1.82) is 0 Å². The summed E-state index contributed by atoms with van der Waals surface area (Å²) in [6.45, 7) is 2.06. The van der Waals surface area contributed by atoms with Crippen molar-refractivity contribution in [2.75, 3.05) is 0 Å². The summed E-state index contributed by atoms with van der Waals surface area (Å²) in [4.78, 5) is 4.08. The van der Waals surface area contributed by atoms with Gasteiger partial charge in [0.2, 0.25) is 0 Å². The second kappa shape index (κ2) is 2.94. The lowest BCUT2D eigenvalue weighted by Crippen LogP contribution is -2.07. The van der Waals surface area contributed by atoms with Gasteiger partial charge in [-0.1, -0.05) is 6.92 Å². The minimum Gasteiger partial charge on any atom is -0.322 e. The summed E-state index contributed by atoms with van der Waals surface area (Å²) in [6, 6.07) is 0.144. The average Bonchev–Trinajstić information content (AvgIpc) is 2.37. The van der Waals surface area contributed by atoms with E-state index in [0.717, 1.165) is 11.4 Å². The van der Waals surface area contributed by atoms with Crippen molar-refractivity contribution in [3.05, 3.63) is 16.6 Å². The van der Waals surface area contributed by atoms with E-state index in [4.69, 9.17) is 5.73 Å². The van der Waals surface area contributed by atoms with Crippen LogP contribution in [0, 0.1) is 0 Å². The predicted octanol–water partition coefficient (Wildman–Crippen LogP) is 1.55. The lowest BCUT2D eigenvalue weighted by atomic mass is 10.3. The van der Waals surface area contributed by atoms with Gasteiger partial charge in [-0.25, -0.2) is 4.98 Å². The van der Waals surface area contributed by atoms with Gasteiger partial charge in [-0.05, 0) is 6.42 Å². The third-order valence-corrected chi connectivity index (χ3v) is 2.12. The van der Waals surface area contributed by atoms with Crippen molar-refractivity contribution in [1.82, 2.24) is 4.98 Å².